The zero-order valence-corrected chi connectivity index (χ0v) is 19.4. The van der Waals surface area contributed by atoms with Gasteiger partial charge in [0.2, 0.25) is 5.91 Å². The Bertz CT molecular complexity index is 1300. The van der Waals surface area contributed by atoms with Gasteiger partial charge in [-0.15, -0.1) is 0 Å². The molecule has 0 atom stereocenters. The summed E-state index contributed by atoms with van der Waals surface area (Å²) in [7, 11) is 1.61. The maximum Gasteiger partial charge on any atom is 0.244 e. The Morgan fingerprint density at radius 3 is 2.58 bits per heavy atom. The molecule has 33 heavy (non-hydrogen) atoms. The average Bonchev–Trinajstić information content (AvgIpc) is 3.23. The SMILES string of the molecule is COc1ccc(/C=C/C(=O)NCc2cc3cc(Cl)ccc3[nH]2)cc1COc1ccc(Cl)cc1. The van der Waals surface area contributed by atoms with Crippen LogP contribution in [-0.2, 0) is 17.9 Å². The fourth-order valence-corrected chi connectivity index (χ4v) is 3.69. The van der Waals surface area contributed by atoms with E-state index in [-0.39, 0.29) is 5.91 Å². The number of carbonyl (C=O) groups is 1. The van der Waals surface area contributed by atoms with Gasteiger partial charge < -0.3 is 19.8 Å². The Kier molecular flexibility index (Phi) is 7.23. The number of H-pyrrole nitrogens is 1. The van der Waals surface area contributed by atoms with Gasteiger partial charge >= 0.3 is 0 Å². The number of aromatic amines is 1. The van der Waals surface area contributed by atoms with Crippen LogP contribution in [0.2, 0.25) is 10.0 Å². The van der Waals surface area contributed by atoms with Crippen LogP contribution in [0.3, 0.4) is 0 Å². The lowest BCUT2D eigenvalue weighted by Gasteiger charge is -2.11. The Morgan fingerprint density at radius 2 is 1.79 bits per heavy atom. The summed E-state index contributed by atoms with van der Waals surface area (Å²) >= 11 is 11.9. The normalized spacial score (nSPS) is 11.1. The van der Waals surface area contributed by atoms with E-state index >= 15 is 0 Å². The number of fused-ring (bicyclic) bond motifs is 1. The molecule has 0 spiro atoms. The summed E-state index contributed by atoms with van der Waals surface area (Å²) in [6.45, 7) is 0.710. The summed E-state index contributed by atoms with van der Waals surface area (Å²) in [5.41, 5.74) is 3.61. The molecule has 2 N–H and O–H groups in total. The molecule has 0 aliphatic rings. The molecule has 0 aliphatic carbocycles. The van der Waals surface area contributed by atoms with Crippen molar-refractivity contribution in [2.45, 2.75) is 13.2 Å². The van der Waals surface area contributed by atoms with Crippen molar-refractivity contribution in [2.75, 3.05) is 7.11 Å². The van der Waals surface area contributed by atoms with Crippen LogP contribution in [0.4, 0.5) is 0 Å². The van der Waals surface area contributed by atoms with E-state index in [1.165, 1.54) is 6.08 Å². The van der Waals surface area contributed by atoms with Crippen molar-refractivity contribution in [1.82, 2.24) is 10.3 Å². The molecule has 0 saturated heterocycles. The van der Waals surface area contributed by atoms with E-state index in [1.54, 1.807) is 25.3 Å². The van der Waals surface area contributed by atoms with Crippen molar-refractivity contribution in [3.63, 3.8) is 0 Å². The number of nitrogens with one attached hydrogen (secondary N) is 2. The maximum absolute atomic E-state index is 12.3. The van der Waals surface area contributed by atoms with E-state index in [1.807, 2.05) is 54.6 Å². The molecule has 5 nitrogen and oxygen atoms in total. The molecular formula is C26H22Cl2N2O3. The van der Waals surface area contributed by atoms with E-state index in [0.717, 1.165) is 27.7 Å². The van der Waals surface area contributed by atoms with Crippen LogP contribution >= 0.6 is 23.2 Å². The Hall–Kier alpha value is -3.41. The van der Waals surface area contributed by atoms with Gasteiger partial charge in [0, 0.05) is 38.3 Å². The molecule has 4 rings (SSSR count). The molecular weight excluding hydrogens is 459 g/mol. The molecule has 7 heteroatoms. The van der Waals surface area contributed by atoms with Crippen molar-refractivity contribution in [3.05, 3.63) is 99.7 Å². The minimum atomic E-state index is -0.193. The largest absolute Gasteiger partial charge is 0.496 e. The third kappa shape index (κ3) is 6.09. The van der Waals surface area contributed by atoms with Crippen molar-refractivity contribution in [1.29, 1.82) is 0 Å². The first-order valence-electron chi connectivity index (χ1n) is 10.3. The second kappa shape index (κ2) is 10.5. The molecule has 0 fully saturated rings. The molecule has 0 unspecified atom stereocenters. The van der Waals surface area contributed by atoms with Gasteiger partial charge in [0.25, 0.3) is 0 Å². The Labute approximate surface area is 201 Å². The molecule has 3 aromatic carbocycles. The van der Waals surface area contributed by atoms with Crippen molar-refractivity contribution in [2.24, 2.45) is 0 Å². The van der Waals surface area contributed by atoms with E-state index in [0.29, 0.717) is 34.7 Å². The molecule has 0 radical (unpaired) electrons. The number of methoxy groups -OCH3 is 1. The summed E-state index contributed by atoms with van der Waals surface area (Å²) < 4.78 is 11.3. The van der Waals surface area contributed by atoms with Gasteiger partial charge in [-0.25, -0.2) is 0 Å². The summed E-state index contributed by atoms with van der Waals surface area (Å²) in [5.74, 6) is 1.23. The van der Waals surface area contributed by atoms with E-state index < -0.39 is 0 Å². The second-order valence-electron chi connectivity index (χ2n) is 7.39. The number of benzene rings is 3. The third-order valence-corrected chi connectivity index (χ3v) is 5.52. The molecule has 1 aromatic heterocycles. The van der Waals surface area contributed by atoms with Crippen LogP contribution < -0.4 is 14.8 Å². The monoisotopic (exact) mass is 480 g/mol. The lowest BCUT2D eigenvalue weighted by atomic mass is 10.1. The van der Waals surface area contributed by atoms with Gasteiger partial charge in [0.1, 0.15) is 18.1 Å². The predicted molar refractivity (Wildman–Crippen MR) is 133 cm³/mol. The molecule has 1 heterocycles. The number of amides is 1. The van der Waals surface area contributed by atoms with Crippen molar-refractivity contribution < 1.29 is 14.3 Å². The second-order valence-corrected chi connectivity index (χ2v) is 8.26. The lowest BCUT2D eigenvalue weighted by molar-refractivity contribution is -0.116. The highest BCUT2D eigenvalue weighted by molar-refractivity contribution is 6.31. The first kappa shape index (κ1) is 22.8. The Balaban J connectivity index is 1.37. The summed E-state index contributed by atoms with van der Waals surface area (Å²) in [5, 5.41) is 5.22. The van der Waals surface area contributed by atoms with Crippen LogP contribution in [-0.4, -0.2) is 18.0 Å². The van der Waals surface area contributed by atoms with Crippen LogP contribution in [0.5, 0.6) is 11.5 Å². The summed E-state index contributed by atoms with van der Waals surface area (Å²) in [6.07, 6.45) is 3.26. The molecule has 4 aromatic rings. The van der Waals surface area contributed by atoms with E-state index in [4.69, 9.17) is 32.7 Å². The van der Waals surface area contributed by atoms with Gasteiger partial charge in [0.05, 0.1) is 13.7 Å². The fraction of sp³-hybridized carbons (Fsp3) is 0.115. The molecule has 0 saturated carbocycles. The molecule has 0 aliphatic heterocycles. The number of ether oxygens (including phenoxy) is 2. The first-order valence-corrected chi connectivity index (χ1v) is 11.0. The maximum atomic E-state index is 12.3. The first-order chi connectivity index (χ1) is 16.0. The van der Waals surface area contributed by atoms with Gasteiger partial charge in [-0.05, 0) is 72.3 Å². The highest BCUT2D eigenvalue weighted by atomic mass is 35.5. The number of rotatable bonds is 8. The zero-order valence-electron chi connectivity index (χ0n) is 17.9. The number of hydrogen-bond donors (Lipinski definition) is 2. The Morgan fingerprint density at radius 1 is 1.00 bits per heavy atom. The topological polar surface area (TPSA) is 63.3 Å². The van der Waals surface area contributed by atoms with Crippen molar-refractivity contribution in [3.8, 4) is 11.5 Å². The van der Waals surface area contributed by atoms with Gasteiger partial charge in [-0.3, -0.25) is 4.79 Å². The van der Waals surface area contributed by atoms with Crippen LogP contribution in [0.25, 0.3) is 17.0 Å². The van der Waals surface area contributed by atoms with Gasteiger partial charge in [0.15, 0.2) is 0 Å². The van der Waals surface area contributed by atoms with Crippen LogP contribution in [0.1, 0.15) is 16.8 Å². The smallest absolute Gasteiger partial charge is 0.244 e. The number of aromatic nitrogens is 1. The van der Waals surface area contributed by atoms with Gasteiger partial charge in [-0.1, -0.05) is 29.3 Å². The van der Waals surface area contributed by atoms with Crippen molar-refractivity contribution >= 4 is 46.1 Å². The predicted octanol–water partition coefficient (Wildman–Crippen LogP) is 6.39. The zero-order chi connectivity index (χ0) is 23.2. The third-order valence-electron chi connectivity index (χ3n) is 5.03. The van der Waals surface area contributed by atoms with E-state index in [9.17, 15) is 4.79 Å². The van der Waals surface area contributed by atoms with Gasteiger partial charge in [-0.2, -0.15) is 0 Å². The highest BCUT2D eigenvalue weighted by Crippen LogP contribution is 2.24. The highest BCUT2D eigenvalue weighted by Gasteiger charge is 2.06. The fourth-order valence-electron chi connectivity index (χ4n) is 3.38. The average molecular weight is 481 g/mol. The summed E-state index contributed by atoms with van der Waals surface area (Å²) in [6, 6.07) is 20.4. The van der Waals surface area contributed by atoms with Crippen LogP contribution in [0, 0.1) is 0 Å². The standard InChI is InChI=1S/C26H22Cl2N2O3/c1-32-25-10-2-17(12-19(25)16-33-23-7-4-20(27)5-8-23)3-11-26(31)29-15-22-14-18-13-21(28)6-9-24(18)30-22/h2-14,30H,15-16H2,1H3,(H,29,31)/b11-3+. The quantitative estimate of drug-likeness (QED) is 0.287. The van der Waals surface area contributed by atoms with E-state index in [2.05, 4.69) is 10.3 Å². The lowest BCUT2D eigenvalue weighted by Crippen LogP contribution is -2.20. The minimum Gasteiger partial charge on any atom is -0.496 e. The number of halogens is 2. The summed E-state index contributed by atoms with van der Waals surface area (Å²) in [4.78, 5) is 15.6. The number of carbonyl (C=O) groups excluding carboxylic acids is 1. The molecule has 0 bridgehead atoms. The van der Waals surface area contributed by atoms with Crippen LogP contribution in [0.15, 0.2) is 72.8 Å². The minimum absolute atomic E-state index is 0.193. The molecule has 168 valence electrons. The molecule has 1 amide bonds. The number of hydrogen-bond acceptors (Lipinski definition) is 3.